The zero-order valence-electron chi connectivity index (χ0n) is 11.4. The van der Waals surface area contributed by atoms with Crippen molar-refractivity contribution < 1.29 is 0 Å². The first-order valence-electron chi connectivity index (χ1n) is 7.49. The van der Waals surface area contributed by atoms with Crippen molar-refractivity contribution in [3.63, 3.8) is 0 Å². The molecular weight excluding hydrogens is 194 g/mol. The average Bonchev–Trinajstić information content (AvgIpc) is 3.05. The molecule has 1 nitrogen and oxygen atoms in total. The summed E-state index contributed by atoms with van der Waals surface area (Å²) in [6.45, 7) is 4.72. The molecule has 0 N–H and O–H groups in total. The lowest BCUT2D eigenvalue weighted by molar-refractivity contribution is 0.0330. The highest BCUT2D eigenvalue weighted by atomic mass is 15.2. The van der Waals surface area contributed by atoms with Gasteiger partial charge in [-0.05, 0) is 44.6 Å². The molecule has 0 bridgehead atoms. The van der Waals surface area contributed by atoms with E-state index in [0.29, 0.717) is 0 Å². The summed E-state index contributed by atoms with van der Waals surface area (Å²) in [5.74, 6) is 2.04. The number of unbranched alkanes of at least 4 members (excludes halogenated alkanes) is 1. The Labute approximate surface area is 102 Å². The predicted octanol–water partition coefficient (Wildman–Crippen LogP) is 4.08. The van der Waals surface area contributed by atoms with Crippen molar-refractivity contribution in [2.75, 3.05) is 7.05 Å². The van der Waals surface area contributed by atoms with Crippen LogP contribution in [0.25, 0.3) is 0 Å². The first kappa shape index (κ1) is 12.4. The van der Waals surface area contributed by atoms with Crippen LogP contribution in [-0.4, -0.2) is 24.0 Å². The second-order valence-electron chi connectivity index (χ2n) is 6.02. The smallest absolute Gasteiger partial charge is 0.0126 e. The molecule has 1 unspecified atom stereocenters. The van der Waals surface area contributed by atoms with Crippen molar-refractivity contribution in [2.45, 2.75) is 77.3 Å². The minimum atomic E-state index is 0.939. The summed E-state index contributed by atoms with van der Waals surface area (Å²) < 4.78 is 0. The van der Waals surface area contributed by atoms with Gasteiger partial charge in [0.25, 0.3) is 0 Å². The maximum Gasteiger partial charge on any atom is 0.0126 e. The predicted molar refractivity (Wildman–Crippen MR) is 70.6 cm³/mol. The van der Waals surface area contributed by atoms with Crippen LogP contribution in [0.2, 0.25) is 0 Å². The molecule has 0 aromatic rings. The SMILES string of the molecule is CCCC[C@@H](CC)[C@H]1CCC1N(C)C1CC1. The van der Waals surface area contributed by atoms with Gasteiger partial charge in [0, 0.05) is 12.1 Å². The number of nitrogens with zero attached hydrogens (tertiary/aromatic N) is 1. The molecule has 0 aromatic carbocycles. The third-order valence-corrected chi connectivity index (χ3v) is 4.99. The van der Waals surface area contributed by atoms with E-state index in [0.717, 1.165) is 23.9 Å². The summed E-state index contributed by atoms with van der Waals surface area (Å²) >= 11 is 0. The highest BCUT2D eigenvalue weighted by Gasteiger charge is 2.42. The van der Waals surface area contributed by atoms with Crippen LogP contribution in [0.4, 0.5) is 0 Å². The van der Waals surface area contributed by atoms with E-state index < -0.39 is 0 Å². The Morgan fingerprint density at radius 1 is 1.12 bits per heavy atom. The second-order valence-corrected chi connectivity index (χ2v) is 6.02. The fraction of sp³-hybridized carbons (Fsp3) is 1.00. The van der Waals surface area contributed by atoms with E-state index in [1.165, 1.54) is 51.4 Å². The molecule has 1 heteroatoms. The van der Waals surface area contributed by atoms with Crippen LogP contribution < -0.4 is 0 Å². The lowest BCUT2D eigenvalue weighted by Crippen LogP contribution is -2.49. The number of rotatable bonds is 7. The molecule has 2 aliphatic carbocycles. The fourth-order valence-electron chi connectivity index (χ4n) is 3.50. The van der Waals surface area contributed by atoms with Crippen molar-refractivity contribution in [3.05, 3.63) is 0 Å². The van der Waals surface area contributed by atoms with Crippen LogP contribution in [0.15, 0.2) is 0 Å². The maximum atomic E-state index is 2.71. The monoisotopic (exact) mass is 223 g/mol. The van der Waals surface area contributed by atoms with Crippen molar-refractivity contribution in [1.82, 2.24) is 4.90 Å². The van der Waals surface area contributed by atoms with Crippen molar-refractivity contribution >= 4 is 0 Å². The number of hydrogen-bond acceptors (Lipinski definition) is 1. The van der Waals surface area contributed by atoms with Crippen LogP contribution in [0.1, 0.15) is 65.2 Å². The normalized spacial score (nSPS) is 31.5. The molecule has 0 spiro atoms. The molecule has 16 heavy (non-hydrogen) atoms. The Hall–Kier alpha value is -0.0400. The zero-order chi connectivity index (χ0) is 11.5. The zero-order valence-corrected chi connectivity index (χ0v) is 11.4. The highest BCUT2D eigenvalue weighted by Crippen LogP contribution is 2.43. The Bertz CT molecular complexity index is 209. The van der Waals surface area contributed by atoms with E-state index >= 15 is 0 Å². The average molecular weight is 223 g/mol. The van der Waals surface area contributed by atoms with Crippen LogP contribution >= 0.6 is 0 Å². The lowest BCUT2D eigenvalue weighted by atomic mass is 9.68. The first-order valence-corrected chi connectivity index (χ1v) is 7.49. The van der Waals surface area contributed by atoms with Crippen LogP contribution in [-0.2, 0) is 0 Å². The van der Waals surface area contributed by atoms with E-state index in [1.807, 2.05) is 0 Å². The van der Waals surface area contributed by atoms with Crippen molar-refractivity contribution in [1.29, 1.82) is 0 Å². The van der Waals surface area contributed by atoms with Crippen LogP contribution in [0, 0.1) is 11.8 Å². The van der Waals surface area contributed by atoms with Crippen LogP contribution in [0.5, 0.6) is 0 Å². The molecule has 0 aromatic heterocycles. The van der Waals surface area contributed by atoms with E-state index in [-0.39, 0.29) is 0 Å². The molecule has 3 atom stereocenters. The summed E-state index contributed by atoms with van der Waals surface area (Å²) in [6.07, 6.45) is 11.6. The Morgan fingerprint density at radius 3 is 2.31 bits per heavy atom. The van der Waals surface area contributed by atoms with Gasteiger partial charge >= 0.3 is 0 Å². The van der Waals surface area contributed by atoms with Crippen molar-refractivity contribution in [3.8, 4) is 0 Å². The summed E-state index contributed by atoms with van der Waals surface area (Å²) in [7, 11) is 2.38. The Kier molecular flexibility index (Phi) is 4.29. The molecule has 0 amide bonds. The molecule has 2 saturated carbocycles. The molecule has 0 saturated heterocycles. The van der Waals surface area contributed by atoms with Gasteiger partial charge < -0.3 is 4.90 Å². The summed E-state index contributed by atoms with van der Waals surface area (Å²) in [4.78, 5) is 2.71. The maximum absolute atomic E-state index is 2.71. The van der Waals surface area contributed by atoms with E-state index in [4.69, 9.17) is 0 Å². The molecule has 2 rings (SSSR count). The van der Waals surface area contributed by atoms with E-state index in [9.17, 15) is 0 Å². The standard InChI is InChI=1S/C15H29N/c1-4-6-7-12(5-2)14-10-11-15(14)16(3)13-8-9-13/h12-15H,4-11H2,1-3H3/t12-,14-,15?/m1/s1. The van der Waals surface area contributed by atoms with Gasteiger partial charge in [0.2, 0.25) is 0 Å². The van der Waals surface area contributed by atoms with Crippen LogP contribution in [0.3, 0.4) is 0 Å². The molecule has 94 valence electrons. The molecular formula is C15H29N. The largest absolute Gasteiger partial charge is 0.300 e. The Morgan fingerprint density at radius 2 is 1.88 bits per heavy atom. The van der Waals surface area contributed by atoms with Gasteiger partial charge in [0.1, 0.15) is 0 Å². The molecule has 0 radical (unpaired) electrons. The van der Waals surface area contributed by atoms with Crippen molar-refractivity contribution in [2.24, 2.45) is 11.8 Å². The highest BCUT2D eigenvalue weighted by molar-refractivity contribution is 4.96. The minimum Gasteiger partial charge on any atom is -0.300 e. The topological polar surface area (TPSA) is 3.24 Å². The lowest BCUT2D eigenvalue weighted by Gasteiger charge is -2.47. The second kappa shape index (κ2) is 5.53. The molecule has 0 aliphatic heterocycles. The van der Waals surface area contributed by atoms with Gasteiger partial charge in [-0.25, -0.2) is 0 Å². The molecule has 2 fully saturated rings. The van der Waals surface area contributed by atoms with Gasteiger partial charge in [-0.2, -0.15) is 0 Å². The third-order valence-electron chi connectivity index (χ3n) is 4.99. The van der Waals surface area contributed by atoms with Gasteiger partial charge in [-0.15, -0.1) is 0 Å². The first-order chi connectivity index (χ1) is 7.77. The quantitative estimate of drug-likeness (QED) is 0.629. The van der Waals surface area contributed by atoms with E-state index in [2.05, 4.69) is 25.8 Å². The van der Waals surface area contributed by atoms with Gasteiger partial charge in [-0.3, -0.25) is 0 Å². The molecule has 2 aliphatic rings. The van der Waals surface area contributed by atoms with E-state index in [1.54, 1.807) is 0 Å². The Balaban J connectivity index is 1.82. The summed E-state index contributed by atoms with van der Waals surface area (Å²) in [6, 6.07) is 1.89. The minimum absolute atomic E-state index is 0.939. The van der Waals surface area contributed by atoms with Gasteiger partial charge in [-0.1, -0.05) is 39.5 Å². The molecule has 0 heterocycles. The third kappa shape index (κ3) is 2.61. The fourth-order valence-corrected chi connectivity index (χ4v) is 3.50. The summed E-state index contributed by atoms with van der Waals surface area (Å²) in [5, 5.41) is 0. The summed E-state index contributed by atoms with van der Waals surface area (Å²) in [5.41, 5.74) is 0. The van der Waals surface area contributed by atoms with Gasteiger partial charge in [0.15, 0.2) is 0 Å². The van der Waals surface area contributed by atoms with Gasteiger partial charge in [0.05, 0.1) is 0 Å². The number of hydrogen-bond donors (Lipinski definition) is 0.